The van der Waals surface area contributed by atoms with Crippen LogP contribution in [0.3, 0.4) is 0 Å². The molecule has 2 rings (SSSR count). The van der Waals surface area contributed by atoms with Crippen LogP contribution in [-0.2, 0) is 11.2 Å². The van der Waals surface area contributed by atoms with E-state index in [9.17, 15) is 4.79 Å². The van der Waals surface area contributed by atoms with E-state index in [1.165, 1.54) is 0 Å². The van der Waals surface area contributed by atoms with Crippen molar-refractivity contribution >= 4 is 11.6 Å². The van der Waals surface area contributed by atoms with Crippen LogP contribution in [0.2, 0.25) is 0 Å². The van der Waals surface area contributed by atoms with Gasteiger partial charge in [-0.25, -0.2) is 0 Å². The van der Waals surface area contributed by atoms with Gasteiger partial charge < -0.3 is 15.4 Å². The second kappa shape index (κ2) is 5.83. The number of rotatable bonds is 4. The maximum atomic E-state index is 12.8. The van der Waals surface area contributed by atoms with Crippen LogP contribution in [-0.4, -0.2) is 25.1 Å². The van der Waals surface area contributed by atoms with E-state index >= 15 is 0 Å². The van der Waals surface area contributed by atoms with Crippen molar-refractivity contribution in [3.05, 3.63) is 23.8 Å². The molecule has 20 heavy (non-hydrogen) atoms. The third-order valence-corrected chi connectivity index (χ3v) is 3.90. The highest BCUT2D eigenvalue weighted by atomic mass is 16.5. The zero-order chi connectivity index (χ0) is 14.8. The summed E-state index contributed by atoms with van der Waals surface area (Å²) in [4.78, 5) is 14.6. The summed E-state index contributed by atoms with van der Waals surface area (Å²) in [5, 5.41) is 0. The third kappa shape index (κ3) is 2.66. The van der Waals surface area contributed by atoms with Crippen LogP contribution in [0, 0.1) is 0 Å². The summed E-state index contributed by atoms with van der Waals surface area (Å²) in [7, 11) is 1.64. The minimum absolute atomic E-state index is 0.00944. The number of fused-ring (bicyclic) bond motifs is 1. The van der Waals surface area contributed by atoms with Gasteiger partial charge in [0, 0.05) is 6.54 Å². The number of hydrogen-bond donors (Lipinski definition) is 1. The fourth-order valence-corrected chi connectivity index (χ4v) is 2.92. The number of methoxy groups -OCH3 is 1. The molecule has 2 N–H and O–H groups in total. The monoisotopic (exact) mass is 276 g/mol. The zero-order valence-electron chi connectivity index (χ0n) is 12.6. The lowest BCUT2D eigenvalue weighted by atomic mass is 9.93. The van der Waals surface area contributed by atoms with Crippen molar-refractivity contribution in [1.29, 1.82) is 0 Å². The van der Waals surface area contributed by atoms with Crippen LogP contribution in [0.15, 0.2) is 18.2 Å². The molecular formula is C16H24N2O2. The Bertz CT molecular complexity index is 483. The van der Waals surface area contributed by atoms with Crippen LogP contribution in [0.4, 0.5) is 5.69 Å². The highest BCUT2D eigenvalue weighted by molar-refractivity contribution is 6.02. The Morgan fingerprint density at radius 2 is 2.25 bits per heavy atom. The molecule has 1 heterocycles. The van der Waals surface area contributed by atoms with E-state index in [2.05, 4.69) is 6.07 Å². The molecule has 4 nitrogen and oxygen atoms in total. The second-order valence-corrected chi connectivity index (χ2v) is 5.70. The molecule has 1 aliphatic heterocycles. The Balaban J connectivity index is 2.39. The molecule has 0 spiro atoms. The van der Waals surface area contributed by atoms with E-state index in [-0.39, 0.29) is 5.91 Å². The fraction of sp³-hybridized carbons (Fsp3) is 0.562. The van der Waals surface area contributed by atoms with Gasteiger partial charge in [-0.15, -0.1) is 0 Å². The number of hydrogen-bond acceptors (Lipinski definition) is 3. The molecule has 1 aromatic rings. The summed E-state index contributed by atoms with van der Waals surface area (Å²) >= 11 is 0. The lowest BCUT2D eigenvalue weighted by molar-refractivity contribution is -0.123. The molecule has 0 saturated carbocycles. The molecular weight excluding hydrogens is 252 g/mol. The van der Waals surface area contributed by atoms with Crippen LogP contribution in [0.1, 0.15) is 38.7 Å². The van der Waals surface area contributed by atoms with E-state index in [0.29, 0.717) is 13.0 Å². The average Bonchev–Trinajstić information content (AvgIpc) is 2.45. The van der Waals surface area contributed by atoms with E-state index in [1.54, 1.807) is 7.11 Å². The second-order valence-electron chi connectivity index (χ2n) is 5.70. The number of anilines is 1. The van der Waals surface area contributed by atoms with Gasteiger partial charge >= 0.3 is 0 Å². The van der Waals surface area contributed by atoms with Crippen LogP contribution in [0.5, 0.6) is 5.75 Å². The van der Waals surface area contributed by atoms with Crippen molar-refractivity contribution in [2.45, 2.75) is 45.1 Å². The van der Waals surface area contributed by atoms with Crippen LogP contribution < -0.4 is 15.4 Å². The van der Waals surface area contributed by atoms with Crippen molar-refractivity contribution in [1.82, 2.24) is 0 Å². The number of nitrogens with two attached hydrogens (primary N) is 1. The van der Waals surface area contributed by atoms with Gasteiger partial charge in [0.25, 0.3) is 0 Å². The van der Waals surface area contributed by atoms with Gasteiger partial charge in [0.2, 0.25) is 5.91 Å². The van der Waals surface area contributed by atoms with E-state index in [4.69, 9.17) is 10.5 Å². The standard InChI is InChI=1S/C16H24N2O2/c1-4-10-16(2,17)15(19)18-11-6-8-12-7-5-9-13(20-3)14(12)18/h5,7,9H,4,6,8,10-11,17H2,1-3H3. The molecule has 0 radical (unpaired) electrons. The summed E-state index contributed by atoms with van der Waals surface area (Å²) < 4.78 is 5.43. The number of amides is 1. The van der Waals surface area contributed by atoms with Crippen LogP contribution in [0.25, 0.3) is 0 Å². The molecule has 0 bridgehead atoms. The Morgan fingerprint density at radius 1 is 1.50 bits per heavy atom. The molecule has 0 aromatic heterocycles. The molecule has 1 unspecified atom stereocenters. The van der Waals surface area contributed by atoms with Gasteiger partial charge in [0.1, 0.15) is 5.75 Å². The molecule has 0 saturated heterocycles. The predicted molar refractivity (Wildman–Crippen MR) is 81.2 cm³/mol. The van der Waals surface area contributed by atoms with Gasteiger partial charge in [-0.05, 0) is 37.8 Å². The minimum atomic E-state index is -0.815. The number of ether oxygens (including phenoxy) is 1. The largest absolute Gasteiger partial charge is 0.495 e. The van der Waals surface area contributed by atoms with Gasteiger partial charge in [0.15, 0.2) is 0 Å². The number of benzene rings is 1. The Kier molecular flexibility index (Phi) is 4.33. The summed E-state index contributed by atoms with van der Waals surface area (Å²) in [6, 6.07) is 5.93. The fourth-order valence-electron chi connectivity index (χ4n) is 2.92. The summed E-state index contributed by atoms with van der Waals surface area (Å²) in [6.45, 7) is 4.58. The Labute approximate surface area is 120 Å². The lowest BCUT2D eigenvalue weighted by Crippen LogP contribution is -2.54. The number of carbonyl (C=O) groups is 1. The summed E-state index contributed by atoms with van der Waals surface area (Å²) in [5.74, 6) is 0.743. The highest BCUT2D eigenvalue weighted by Gasteiger charge is 2.35. The number of aryl methyl sites for hydroxylation is 1. The van der Waals surface area contributed by atoms with E-state index < -0.39 is 5.54 Å². The zero-order valence-corrected chi connectivity index (χ0v) is 12.6. The number of carbonyl (C=O) groups excluding carboxylic acids is 1. The smallest absolute Gasteiger partial charge is 0.246 e. The van der Waals surface area contributed by atoms with Gasteiger partial charge in [-0.2, -0.15) is 0 Å². The van der Waals surface area contributed by atoms with Gasteiger partial charge in [0.05, 0.1) is 18.3 Å². The Hall–Kier alpha value is -1.55. The molecule has 110 valence electrons. The first kappa shape index (κ1) is 14.9. The third-order valence-electron chi connectivity index (χ3n) is 3.90. The molecule has 0 fully saturated rings. The first-order valence-corrected chi connectivity index (χ1v) is 7.28. The van der Waals surface area contributed by atoms with E-state index in [1.807, 2.05) is 30.9 Å². The van der Waals surface area contributed by atoms with Crippen molar-refractivity contribution in [2.75, 3.05) is 18.6 Å². The summed E-state index contributed by atoms with van der Waals surface area (Å²) in [6.07, 6.45) is 3.53. The van der Waals surface area contributed by atoms with Crippen molar-refractivity contribution < 1.29 is 9.53 Å². The van der Waals surface area contributed by atoms with Gasteiger partial charge in [-0.1, -0.05) is 25.5 Å². The highest BCUT2D eigenvalue weighted by Crippen LogP contribution is 2.37. The number of para-hydroxylation sites is 1. The maximum absolute atomic E-state index is 12.8. The first-order chi connectivity index (χ1) is 9.51. The van der Waals surface area contributed by atoms with Gasteiger partial charge in [-0.3, -0.25) is 4.79 Å². The molecule has 1 amide bonds. The van der Waals surface area contributed by atoms with E-state index in [0.717, 1.165) is 36.3 Å². The lowest BCUT2D eigenvalue weighted by Gasteiger charge is -2.36. The topological polar surface area (TPSA) is 55.6 Å². The van der Waals surface area contributed by atoms with Crippen molar-refractivity contribution in [3.8, 4) is 5.75 Å². The minimum Gasteiger partial charge on any atom is -0.495 e. The molecule has 1 atom stereocenters. The average molecular weight is 276 g/mol. The summed E-state index contributed by atoms with van der Waals surface area (Å²) in [5.41, 5.74) is 7.47. The van der Waals surface area contributed by atoms with Crippen molar-refractivity contribution in [3.63, 3.8) is 0 Å². The predicted octanol–water partition coefficient (Wildman–Crippen LogP) is 2.49. The SMILES string of the molecule is CCCC(C)(N)C(=O)N1CCCc2cccc(OC)c21. The quantitative estimate of drug-likeness (QED) is 0.919. The molecule has 0 aliphatic carbocycles. The molecule has 1 aromatic carbocycles. The van der Waals surface area contributed by atoms with Crippen molar-refractivity contribution in [2.24, 2.45) is 5.73 Å². The maximum Gasteiger partial charge on any atom is 0.246 e. The Morgan fingerprint density at radius 3 is 2.90 bits per heavy atom. The van der Waals surface area contributed by atoms with Crippen LogP contribution >= 0.6 is 0 Å². The first-order valence-electron chi connectivity index (χ1n) is 7.28. The number of nitrogens with zero attached hydrogens (tertiary/aromatic N) is 1. The molecule has 4 heteroatoms. The molecule has 1 aliphatic rings. The normalized spacial score (nSPS) is 17.3.